The molecule has 8 nitrogen and oxygen atoms in total. The number of thioether (sulfide) groups is 2. The van der Waals surface area contributed by atoms with Crippen molar-refractivity contribution in [1.29, 1.82) is 0 Å². The highest BCUT2D eigenvalue weighted by Crippen LogP contribution is 2.29. The molecular weight excluding hydrogens is 382 g/mol. The number of nitrogens with zero attached hydrogens (tertiary/aromatic N) is 2. The highest BCUT2D eigenvalue weighted by Gasteiger charge is 2.28. The van der Waals surface area contributed by atoms with Gasteiger partial charge >= 0.3 is 5.97 Å². The number of hydrogen-bond acceptors (Lipinski definition) is 9. The molecule has 23 heavy (non-hydrogen) atoms. The van der Waals surface area contributed by atoms with Crippen LogP contribution in [0.2, 0.25) is 0 Å². The van der Waals surface area contributed by atoms with Gasteiger partial charge in [-0.15, -0.1) is 10.2 Å². The third kappa shape index (κ3) is 6.65. The molecule has 1 aliphatic rings. The van der Waals surface area contributed by atoms with E-state index in [1.165, 1.54) is 34.9 Å². The quantitative estimate of drug-likeness (QED) is 0.603. The van der Waals surface area contributed by atoms with E-state index in [2.05, 4.69) is 15.5 Å². The number of nitrogens with one attached hydrogen (secondary N) is 1. The Bertz CT molecular complexity index is 675. The highest BCUT2D eigenvalue weighted by molar-refractivity contribution is 8.03. The van der Waals surface area contributed by atoms with Crippen LogP contribution >= 0.6 is 34.9 Å². The maximum absolute atomic E-state index is 11.8. The minimum atomic E-state index is -3.01. The fourth-order valence-corrected chi connectivity index (χ4v) is 6.35. The zero-order valence-electron chi connectivity index (χ0n) is 11.9. The van der Waals surface area contributed by atoms with Crippen LogP contribution in [0.3, 0.4) is 0 Å². The summed E-state index contributed by atoms with van der Waals surface area (Å²) in [7, 11) is -3.01. The first-order valence-corrected chi connectivity index (χ1v) is 11.3. The molecule has 0 spiro atoms. The number of aliphatic carboxylic acids is 1. The first-order valence-electron chi connectivity index (χ1n) is 6.65. The second-order valence-electron chi connectivity index (χ2n) is 4.78. The van der Waals surface area contributed by atoms with Crippen molar-refractivity contribution in [2.24, 2.45) is 0 Å². The molecule has 2 heterocycles. The molecule has 1 aromatic heterocycles. The summed E-state index contributed by atoms with van der Waals surface area (Å²) in [6.45, 7) is 0. The Balaban J connectivity index is 1.70. The summed E-state index contributed by atoms with van der Waals surface area (Å²) in [4.78, 5) is 22.2. The van der Waals surface area contributed by atoms with Crippen LogP contribution in [0.25, 0.3) is 0 Å². The van der Waals surface area contributed by atoms with Crippen molar-refractivity contribution in [1.82, 2.24) is 15.5 Å². The van der Waals surface area contributed by atoms with E-state index in [1.54, 1.807) is 0 Å². The van der Waals surface area contributed by atoms with Gasteiger partial charge < -0.3 is 10.4 Å². The molecule has 128 valence electrons. The molecule has 1 aromatic rings. The lowest BCUT2D eigenvalue weighted by Crippen LogP contribution is -2.36. The standard InChI is InChI=1S/C11H15N3O5S4/c15-8(12-7-2-4-23(18,19)6-7)5-21-11-14-13-10(22-11)20-3-1-9(16)17/h7H,1-6H2,(H,12,15)(H,16,17)/t7-/m0/s1. The zero-order chi connectivity index (χ0) is 16.9. The van der Waals surface area contributed by atoms with Gasteiger partial charge in [0.15, 0.2) is 18.5 Å². The van der Waals surface area contributed by atoms with Gasteiger partial charge in [0, 0.05) is 11.8 Å². The van der Waals surface area contributed by atoms with E-state index in [9.17, 15) is 18.0 Å². The lowest BCUT2D eigenvalue weighted by Gasteiger charge is -2.09. The minimum absolute atomic E-state index is 0.00653. The molecule has 12 heteroatoms. The van der Waals surface area contributed by atoms with Crippen LogP contribution in [0.15, 0.2) is 8.68 Å². The van der Waals surface area contributed by atoms with E-state index in [-0.39, 0.29) is 35.6 Å². The van der Waals surface area contributed by atoms with E-state index < -0.39 is 15.8 Å². The Kier molecular flexibility index (Phi) is 6.68. The van der Waals surface area contributed by atoms with Crippen LogP contribution in [0.5, 0.6) is 0 Å². The molecule has 0 saturated carbocycles. The van der Waals surface area contributed by atoms with Gasteiger partial charge in [0.1, 0.15) is 0 Å². The maximum atomic E-state index is 11.8. The highest BCUT2D eigenvalue weighted by atomic mass is 32.2. The summed E-state index contributed by atoms with van der Waals surface area (Å²) >= 11 is 3.84. The Morgan fingerprint density at radius 2 is 2.00 bits per heavy atom. The fourth-order valence-electron chi connectivity index (χ4n) is 1.84. The number of sulfone groups is 1. The predicted octanol–water partition coefficient (Wildman–Crippen LogP) is 0.500. The Hall–Kier alpha value is -0.850. The molecule has 2 N–H and O–H groups in total. The van der Waals surface area contributed by atoms with Gasteiger partial charge in [0.25, 0.3) is 0 Å². The minimum Gasteiger partial charge on any atom is -0.481 e. The van der Waals surface area contributed by atoms with Crippen LogP contribution in [-0.4, -0.2) is 64.7 Å². The van der Waals surface area contributed by atoms with E-state index in [0.29, 0.717) is 20.9 Å². The zero-order valence-corrected chi connectivity index (χ0v) is 15.2. The van der Waals surface area contributed by atoms with Crippen molar-refractivity contribution in [3.8, 4) is 0 Å². The third-order valence-corrected chi connectivity index (χ3v) is 7.81. The lowest BCUT2D eigenvalue weighted by atomic mass is 10.3. The van der Waals surface area contributed by atoms with Gasteiger partial charge in [-0.3, -0.25) is 9.59 Å². The summed E-state index contributed by atoms with van der Waals surface area (Å²) in [6.07, 6.45) is 0.515. The molecule has 1 atom stereocenters. The van der Waals surface area contributed by atoms with Gasteiger partial charge in [0.05, 0.1) is 23.7 Å². The second kappa shape index (κ2) is 8.31. The largest absolute Gasteiger partial charge is 0.481 e. The van der Waals surface area contributed by atoms with Crippen molar-refractivity contribution in [2.45, 2.75) is 27.6 Å². The van der Waals surface area contributed by atoms with Gasteiger partial charge in [-0.25, -0.2) is 8.42 Å². The van der Waals surface area contributed by atoms with E-state index in [4.69, 9.17) is 5.11 Å². The molecule has 0 radical (unpaired) electrons. The van der Waals surface area contributed by atoms with Gasteiger partial charge in [0.2, 0.25) is 5.91 Å². The summed E-state index contributed by atoms with van der Waals surface area (Å²) in [5, 5.41) is 19.1. The molecule has 0 unspecified atom stereocenters. The average molecular weight is 398 g/mol. The van der Waals surface area contributed by atoms with Gasteiger partial charge in [-0.05, 0) is 6.42 Å². The van der Waals surface area contributed by atoms with Gasteiger partial charge in [-0.1, -0.05) is 34.9 Å². The smallest absolute Gasteiger partial charge is 0.304 e. The summed E-state index contributed by atoms with van der Waals surface area (Å²) < 4.78 is 23.9. The first-order chi connectivity index (χ1) is 10.8. The van der Waals surface area contributed by atoms with Crippen LogP contribution < -0.4 is 5.32 Å². The summed E-state index contributed by atoms with van der Waals surface area (Å²) in [5.74, 6) is -0.393. The number of rotatable bonds is 8. The number of carbonyl (C=O) groups excluding carboxylic acids is 1. The van der Waals surface area contributed by atoms with Crippen molar-refractivity contribution in [3.05, 3.63) is 0 Å². The van der Waals surface area contributed by atoms with Crippen LogP contribution in [0.4, 0.5) is 0 Å². The van der Waals surface area contributed by atoms with Crippen molar-refractivity contribution in [3.63, 3.8) is 0 Å². The SMILES string of the molecule is O=C(O)CCSc1nnc(SCC(=O)N[C@H]2CCS(=O)(=O)C2)s1. The Morgan fingerprint density at radius 3 is 2.61 bits per heavy atom. The average Bonchev–Trinajstić information content (AvgIpc) is 3.03. The Labute approximate surface area is 145 Å². The second-order valence-corrected chi connectivity index (χ2v) is 10.6. The Morgan fingerprint density at radius 1 is 1.30 bits per heavy atom. The predicted molar refractivity (Wildman–Crippen MR) is 88.8 cm³/mol. The van der Waals surface area contributed by atoms with E-state index >= 15 is 0 Å². The molecule has 0 bridgehead atoms. The molecular formula is C11H15N3O5S4. The van der Waals surface area contributed by atoms with Crippen molar-refractivity contribution >= 4 is 56.6 Å². The third-order valence-electron chi connectivity index (χ3n) is 2.85. The number of hydrogen-bond donors (Lipinski definition) is 2. The van der Waals surface area contributed by atoms with Gasteiger partial charge in [-0.2, -0.15) is 0 Å². The number of carboxylic acids is 1. The van der Waals surface area contributed by atoms with Crippen LogP contribution in [0, 0.1) is 0 Å². The molecule has 1 aliphatic heterocycles. The fraction of sp³-hybridized carbons (Fsp3) is 0.636. The van der Waals surface area contributed by atoms with Crippen LogP contribution in [-0.2, 0) is 19.4 Å². The number of amides is 1. The number of aromatic nitrogens is 2. The van der Waals surface area contributed by atoms with Crippen LogP contribution in [0.1, 0.15) is 12.8 Å². The molecule has 1 fully saturated rings. The molecule has 1 saturated heterocycles. The molecule has 0 aromatic carbocycles. The number of carboxylic acid groups (broad SMARTS) is 1. The van der Waals surface area contributed by atoms with Crippen molar-refractivity contribution in [2.75, 3.05) is 23.0 Å². The topological polar surface area (TPSA) is 126 Å². The normalized spacial score (nSPS) is 19.6. The summed E-state index contributed by atoms with van der Waals surface area (Å²) in [5.41, 5.74) is 0. The van der Waals surface area contributed by atoms with E-state index in [0.717, 1.165) is 0 Å². The van der Waals surface area contributed by atoms with E-state index in [1.807, 2.05) is 0 Å². The molecule has 0 aliphatic carbocycles. The first kappa shape index (κ1) is 18.5. The molecule has 1 amide bonds. The monoisotopic (exact) mass is 397 g/mol. The summed E-state index contributed by atoms with van der Waals surface area (Å²) in [6, 6.07) is -0.301. The lowest BCUT2D eigenvalue weighted by molar-refractivity contribution is -0.136. The molecule has 2 rings (SSSR count). The maximum Gasteiger partial charge on any atom is 0.304 e. The van der Waals surface area contributed by atoms with Crippen molar-refractivity contribution < 1.29 is 23.1 Å². The number of carbonyl (C=O) groups is 2.